The minimum absolute atomic E-state index is 0.0973. The van der Waals surface area contributed by atoms with Crippen LogP contribution in [0.1, 0.15) is 52.9 Å². The molecule has 0 atom stereocenters. The highest BCUT2D eigenvalue weighted by molar-refractivity contribution is 6.11. The Balaban J connectivity index is 2.46. The van der Waals surface area contributed by atoms with Crippen LogP contribution in [0.5, 0.6) is 0 Å². The maximum absolute atomic E-state index is 13.0. The van der Waals surface area contributed by atoms with Crippen LogP contribution in [0.15, 0.2) is 30.5 Å². The van der Waals surface area contributed by atoms with E-state index in [9.17, 15) is 22.8 Å². The Labute approximate surface area is 153 Å². The zero-order valence-electron chi connectivity index (χ0n) is 15.1. The van der Waals surface area contributed by atoms with Gasteiger partial charge in [-0.15, -0.1) is 0 Å². The lowest BCUT2D eigenvalue weighted by atomic mass is 10.0. The Morgan fingerprint density at radius 1 is 1.07 bits per heavy atom. The fraction of sp³-hybridized carbons (Fsp3) is 0.333. The maximum atomic E-state index is 13.0. The average Bonchev–Trinajstić information content (AvgIpc) is 2.51. The molecule has 2 rings (SSSR count). The van der Waals surface area contributed by atoms with E-state index in [2.05, 4.69) is 15.3 Å². The van der Waals surface area contributed by atoms with Crippen molar-refractivity contribution in [3.63, 3.8) is 0 Å². The van der Waals surface area contributed by atoms with Crippen molar-refractivity contribution < 1.29 is 27.5 Å². The molecule has 9 heteroatoms. The van der Waals surface area contributed by atoms with Gasteiger partial charge in [0.15, 0.2) is 0 Å². The zero-order chi connectivity index (χ0) is 20.4. The van der Waals surface area contributed by atoms with E-state index in [1.54, 1.807) is 27.7 Å². The predicted molar refractivity (Wildman–Crippen MR) is 91.3 cm³/mol. The molecule has 1 amide bonds. The van der Waals surface area contributed by atoms with Crippen LogP contribution < -0.4 is 5.32 Å². The first kappa shape index (κ1) is 20.3. The monoisotopic (exact) mass is 381 g/mol. The fourth-order valence-corrected chi connectivity index (χ4v) is 2.13. The van der Waals surface area contributed by atoms with Crippen LogP contribution in [0.3, 0.4) is 0 Å². The number of aryl methyl sites for hydroxylation is 1. The molecule has 0 saturated carbocycles. The van der Waals surface area contributed by atoms with Gasteiger partial charge in [-0.2, -0.15) is 13.2 Å². The molecule has 0 bridgehead atoms. The third-order valence-corrected chi connectivity index (χ3v) is 3.23. The molecule has 1 aromatic heterocycles. The highest BCUT2D eigenvalue weighted by Crippen LogP contribution is 2.31. The normalized spacial score (nSPS) is 11.8. The number of benzene rings is 1. The van der Waals surface area contributed by atoms with Crippen LogP contribution in [0.2, 0.25) is 0 Å². The van der Waals surface area contributed by atoms with E-state index in [4.69, 9.17) is 4.74 Å². The summed E-state index contributed by atoms with van der Waals surface area (Å²) >= 11 is 0. The molecule has 1 N–H and O–H groups in total. The minimum atomic E-state index is -4.67. The molecule has 0 radical (unpaired) electrons. The summed E-state index contributed by atoms with van der Waals surface area (Å²) in [6.45, 7) is 6.42. The number of amides is 1. The quantitative estimate of drug-likeness (QED) is 0.813. The van der Waals surface area contributed by atoms with Crippen molar-refractivity contribution in [3.8, 4) is 0 Å². The van der Waals surface area contributed by atoms with Crippen molar-refractivity contribution in [3.05, 3.63) is 53.0 Å². The van der Waals surface area contributed by atoms with Crippen LogP contribution in [-0.2, 0) is 10.9 Å². The second-order valence-corrected chi connectivity index (χ2v) is 6.70. The first-order chi connectivity index (χ1) is 12.4. The number of rotatable bonds is 3. The molecular weight excluding hydrogens is 363 g/mol. The fourth-order valence-electron chi connectivity index (χ4n) is 2.13. The summed E-state index contributed by atoms with van der Waals surface area (Å²) in [5, 5.41) is 2.37. The minimum Gasteiger partial charge on any atom is -0.456 e. The molecule has 0 spiro atoms. The molecule has 0 unspecified atom stereocenters. The standard InChI is InChI=1S/C18H18F3N3O3/c1-10-22-8-7-14(23-10)24-15(25)13-9-11(18(19,20)21)5-6-12(13)16(26)27-17(2,3)4/h5-9H,1-4H3,(H,22,23,24,25). The molecule has 0 saturated heterocycles. The highest BCUT2D eigenvalue weighted by atomic mass is 19.4. The lowest BCUT2D eigenvalue weighted by Crippen LogP contribution is -2.26. The SMILES string of the molecule is Cc1nccc(NC(=O)c2cc(C(F)(F)F)ccc2C(=O)OC(C)(C)C)n1. The van der Waals surface area contributed by atoms with Crippen LogP contribution in [0.4, 0.5) is 19.0 Å². The number of carbonyl (C=O) groups is 2. The summed E-state index contributed by atoms with van der Waals surface area (Å²) in [6.07, 6.45) is -3.29. The van der Waals surface area contributed by atoms with Gasteiger partial charge in [0.25, 0.3) is 5.91 Å². The van der Waals surface area contributed by atoms with Gasteiger partial charge in [-0.3, -0.25) is 4.79 Å². The molecule has 0 aliphatic carbocycles. The van der Waals surface area contributed by atoms with E-state index >= 15 is 0 Å². The number of alkyl halides is 3. The summed E-state index contributed by atoms with van der Waals surface area (Å²) in [6, 6.07) is 3.65. The maximum Gasteiger partial charge on any atom is 0.416 e. The van der Waals surface area contributed by atoms with Gasteiger partial charge >= 0.3 is 12.1 Å². The summed E-state index contributed by atoms with van der Waals surface area (Å²) in [5.41, 5.74) is -2.67. The third-order valence-electron chi connectivity index (χ3n) is 3.23. The molecular formula is C18H18F3N3O3. The van der Waals surface area contributed by atoms with Crippen molar-refractivity contribution in [1.82, 2.24) is 9.97 Å². The predicted octanol–water partition coefficient (Wildman–Crippen LogP) is 4.01. The Morgan fingerprint density at radius 2 is 1.74 bits per heavy atom. The molecule has 144 valence electrons. The average molecular weight is 381 g/mol. The molecule has 2 aromatic rings. The van der Waals surface area contributed by atoms with Gasteiger partial charge in [0.1, 0.15) is 17.2 Å². The van der Waals surface area contributed by atoms with Gasteiger partial charge in [0, 0.05) is 6.20 Å². The Kier molecular flexibility index (Phi) is 5.53. The number of halogens is 3. The number of hydrogen-bond donors (Lipinski definition) is 1. The highest BCUT2D eigenvalue weighted by Gasteiger charge is 2.33. The summed E-state index contributed by atoms with van der Waals surface area (Å²) in [4.78, 5) is 32.7. The van der Waals surface area contributed by atoms with Crippen molar-refractivity contribution in [2.24, 2.45) is 0 Å². The lowest BCUT2D eigenvalue weighted by Gasteiger charge is -2.21. The van der Waals surface area contributed by atoms with Crippen molar-refractivity contribution >= 4 is 17.7 Å². The van der Waals surface area contributed by atoms with Gasteiger partial charge in [0.2, 0.25) is 0 Å². The topological polar surface area (TPSA) is 81.2 Å². The van der Waals surface area contributed by atoms with Crippen LogP contribution >= 0.6 is 0 Å². The molecule has 27 heavy (non-hydrogen) atoms. The molecule has 1 heterocycles. The van der Waals surface area contributed by atoms with Gasteiger partial charge in [-0.25, -0.2) is 14.8 Å². The first-order valence-corrected chi connectivity index (χ1v) is 7.92. The number of anilines is 1. The Morgan fingerprint density at radius 3 is 2.30 bits per heavy atom. The van der Waals surface area contributed by atoms with E-state index < -0.39 is 34.8 Å². The molecule has 1 aromatic carbocycles. The van der Waals surface area contributed by atoms with Crippen LogP contribution in [0, 0.1) is 6.92 Å². The molecule has 0 aliphatic rings. The van der Waals surface area contributed by atoms with Crippen molar-refractivity contribution in [2.45, 2.75) is 39.5 Å². The van der Waals surface area contributed by atoms with E-state index in [1.165, 1.54) is 12.3 Å². The number of aromatic nitrogens is 2. The summed E-state index contributed by atoms with van der Waals surface area (Å²) in [7, 11) is 0. The first-order valence-electron chi connectivity index (χ1n) is 7.92. The van der Waals surface area contributed by atoms with Crippen molar-refractivity contribution in [1.29, 1.82) is 0 Å². The number of hydrogen-bond acceptors (Lipinski definition) is 5. The van der Waals surface area contributed by atoms with Gasteiger partial charge in [0.05, 0.1) is 16.7 Å². The molecule has 6 nitrogen and oxygen atoms in total. The smallest absolute Gasteiger partial charge is 0.416 e. The second kappa shape index (κ2) is 7.34. The van der Waals surface area contributed by atoms with Gasteiger partial charge in [-0.1, -0.05) is 0 Å². The molecule has 0 aliphatic heterocycles. The zero-order valence-corrected chi connectivity index (χ0v) is 15.1. The number of carbonyl (C=O) groups excluding carboxylic acids is 2. The number of nitrogens with zero attached hydrogens (tertiary/aromatic N) is 2. The summed E-state index contributed by atoms with van der Waals surface area (Å²) < 4.78 is 44.3. The largest absolute Gasteiger partial charge is 0.456 e. The van der Waals surface area contributed by atoms with E-state index in [1.807, 2.05) is 0 Å². The number of ether oxygens (including phenoxy) is 1. The molecule has 0 fully saturated rings. The summed E-state index contributed by atoms with van der Waals surface area (Å²) in [5.74, 6) is -1.36. The van der Waals surface area contributed by atoms with Crippen LogP contribution in [0.25, 0.3) is 0 Å². The third kappa shape index (κ3) is 5.50. The Hall–Kier alpha value is -2.97. The number of esters is 1. The van der Waals surface area contributed by atoms with Gasteiger partial charge in [-0.05, 0) is 52.0 Å². The van der Waals surface area contributed by atoms with Gasteiger partial charge < -0.3 is 10.1 Å². The van der Waals surface area contributed by atoms with E-state index in [-0.39, 0.29) is 11.4 Å². The van der Waals surface area contributed by atoms with E-state index in [0.29, 0.717) is 11.9 Å². The Bertz CT molecular complexity index is 874. The second-order valence-electron chi connectivity index (χ2n) is 6.70. The number of nitrogens with one attached hydrogen (secondary N) is 1. The van der Waals surface area contributed by atoms with E-state index in [0.717, 1.165) is 12.1 Å². The lowest BCUT2D eigenvalue weighted by molar-refractivity contribution is -0.137. The van der Waals surface area contributed by atoms with Crippen molar-refractivity contribution in [2.75, 3.05) is 5.32 Å². The van der Waals surface area contributed by atoms with Crippen LogP contribution in [-0.4, -0.2) is 27.4 Å².